The van der Waals surface area contributed by atoms with Gasteiger partial charge in [-0.15, -0.1) is 0 Å². The van der Waals surface area contributed by atoms with E-state index in [1.807, 2.05) is 13.0 Å². The molecular formula is C21H21FSi. The zero-order valence-corrected chi connectivity index (χ0v) is 14.7. The minimum atomic E-state index is -1.49. The van der Waals surface area contributed by atoms with Crippen molar-refractivity contribution in [1.82, 2.24) is 0 Å². The maximum absolute atomic E-state index is 14.0. The van der Waals surface area contributed by atoms with E-state index in [2.05, 4.69) is 73.7 Å². The number of hydrogen-bond acceptors (Lipinski definition) is 0. The molecule has 0 aliphatic heterocycles. The van der Waals surface area contributed by atoms with Crippen molar-refractivity contribution in [3.05, 3.63) is 95.8 Å². The van der Waals surface area contributed by atoms with Gasteiger partial charge in [0.2, 0.25) is 0 Å². The maximum Gasteiger partial charge on any atom is 0.126 e. The quantitative estimate of drug-likeness (QED) is 0.641. The lowest BCUT2D eigenvalue weighted by Gasteiger charge is -2.25. The van der Waals surface area contributed by atoms with Crippen LogP contribution in [0.2, 0.25) is 0 Å². The summed E-state index contributed by atoms with van der Waals surface area (Å²) in [5, 5.41) is 2.80. The van der Waals surface area contributed by atoms with Crippen LogP contribution in [0.3, 0.4) is 0 Å². The van der Waals surface area contributed by atoms with Gasteiger partial charge in [-0.2, -0.15) is 0 Å². The predicted molar refractivity (Wildman–Crippen MR) is 98.9 cm³/mol. The first-order valence-electron chi connectivity index (χ1n) is 8.03. The summed E-state index contributed by atoms with van der Waals surface area (Å²) in [5.41, 5.74) is 2.24. The third-order valence-corrected chi connectivity index (χ3v) is 8.18. The van der Waals surface area contributed by atoms with Crippen molar-refractivity contribution in [3.8, 4) is 0 Å². The highest BCUT2D eigenvalue weighted by atomic mass is 28.3. The molecule has 0 saturated heterocycles. The molecule has 0 heterocycles. The second-order valence-electron chi connectivity index (χ2n) is 6.04. The summed E-state index contributed by atoms with van der Waals surface area (Å²) in [6.45, 7) is 4.14. The monoisotopic (exact) mass is 320 g/mol. The first-order valence-corrected chi connectivity index (χ1v) is 9.85. The van der Waals surface area contributed by atoms with Crippen LogP contribution < -0.4 is 10.4 Å². The summed E-state index contributed by atoms with van der Waals surface area (Å²) in [7, 11) is -1.49. The van der Waals surface area contributed by atoms with Gasteiger partial charge in [0.1, 0.15) is 14.6 Å². The van der Waals surface area contributed by atoms with Crippen LogP contribution >= 0.6 is 0 Å². The van der Waals surface area contributed by atoms with Gasteiger partial charge in [-0.3, -0.25) is 0 Å². The molecule has 0 bridgehead atoms. The highest BCUT2D eigenvalue weighted by molar-refractivity contribution is 6.86. The van der Waals surface area contributed by atoms with Crippen LogP contribution in [0, 0.1) is 12.7 Å². The van der Waals surface area contributed by atoms with Crippen molar-refractivity contribution in [1.29, 1.82) is 0 Å². The molecular weight excluding hydrogens is 299 g/mol. The molecule has 116 valence electrons. The van der Waals surface area contributed by atoms with Gasteiger partial charge in [0, 0.05) is 0 Å². The highest BCUT2D eigenvalue weighted by Gasteiger charge is 2.26. The first-order chi connectivity index (χ1) is 11.2. The summed E-state index contributed by atoms with van der Waals surface area (Å²) in [6, 6.07) is 26.8. The second-order valence-corrected chi connectivity index (χ2v) is 9.33. The van der Waals surface area contributed by atoms with Crippen molar-refractivity contribution in [3.63, 3.8) is 0 Å². The topological polar surface area (TPSA) is 0 Å². The van der Waals surface area contributed by atoms with Crippen LogP contribution in [0.25, 0.3) is 0 Å². The molecule has 2 heteroatoms. The number of benzene rings is 3. The molecule has 0 aliphatic rings. The first kappa shape index (κ1) is 15.7. The molecule has 3 aromatic carbocycles. The van der Waals surface area contributed by atoms with Gasteiger partial charge in [0.15, 0.2) is 0 Å². The van der Waals surface area contributed by atoms with Gasteiger partial charge in [0.25, 0.3) is 0 Å². The summed E-state index contributed by atoms with van der Waals surface area (Å²) < 4.78 is 14.0. The molecule has 0 N–H and O–H groups in total. The van der Waals surface area contributed by atoms with Gasteiger partial charge in [0.05, 0.1) is 0 Å². The van der Waals surface area contributed by atoms with Crippen LogP contribution in [0.1, 0.15) is 23.6 Å². The summed E-state index contributed by atoms with van der Waals surface area (Å²) in [6.07, 6.45) is 0. The smallest absolute Gasteiger partial charge is 0.126 e. The lowest BCUT2D eigenvalue weighted by atomic mass is 10.1. The summed E-state index contributed by atoms with van der Waals surface area (Å²) >= 11 is 0. The zero-order valence-electron chi connectivity index (χ0n) is 13.5. The minimum Gasteiger partial charge on any atom is -0.207 e. The van der Waals surface area contributed by atoms with Crippen molar-refractivity contribution in [2.24, 2.45) is 0 Å². The largest absolute Gasteiger partial charge is 0.207 e. The fourth-order valence-electron chi connectivity index (χ4n) is 3.39. The fraction of sp³-hybridized carbons (Fsp3) is 0.143. The van der Waals surface area contributed by atoms with Crippen LogP contribution in [-0.4, -0.2) is 8.80 Å². The molecule has 3 rings (SSSR count). The highest BCUT2D eigenvalue weighted by Crippen LogP contribution is 2.24. The van der Waals surface area contributed by atoms with Crippen LogP contribution in [0.4, 0.5) is 4.39 Å². The fourth-order valence-corrected chi connectivity index (χ4v) is 6.92. The van der Waals surface area contributed by atoms with Gasteiger partial charge in [-0.1, -0.05) is 90.1 Å². The third-order valence-electron chi connectivity index (χ3n) is 4.62. The van der Waals surface area contributed by atoms with Crippen molar-refractivity contribution < 1.29 is 4.39 Å². The normalized spacial score (nSPS) is 12.3. The van der Waals surface area contributed by atoms with E-state index in [-0.39, 0.29) is 5.82 Å². The Labute approximate surface area is 139 Å². The minimum absolute atomic E-state index is 0.108. The summed E-state index contributed by atoms with van der Waals surface area (Å²) in [4.78, 5) is 0. The molecule has 1 atom stereocenters. The molecule has 3 aromatic rings. The van der Waals surface area contributed by atoms with Crippen molar-refractivity contribution in [2.45, 2.75) is 19.4 Å². The van der Waals surface area contributed by atoms with Gasteiger partial charge < -0.3 is 0 Å². The van der Waals surface area contributed by atoms with Crippen molar-refractivity contribution in [2.75, 3.05) is 0 Å². The predicted octanol–water partition coefficient (Wildman–Crippen LogP) is 3.82. The standard InChI is InChI=1S/C21H21FSi/c1-16-20(14-9-15-21(16)22)17(2)23(18-10-5-3-6-11-18)19-12-7-4-8-13-19/h3-15,17,23H,1-2H3/t17-/m1/s1. The number of halogens is 1. The molecule has 0 aromatic heterocycles. The van der Waals surface area contributed by atoms with E-state index in [1.165, 1.54) is 10.4 Å². The van der Waals surface area contributed by atoms with Crippen LogP contribution in [0.15, 0.2) is 78.9 Å². The van der Waals surface area contributed by atoms with Gasteiger partial charge >= 0.3 is 0 Å². The van der Waals surface area contributed by atoms with Crippen LogP contribution in [-0.2, 0) is 0 Å². The molecule has 0 amide bonds. The molecule has 23 heavy (non-hydrogen) atoms. The van der Waals surface area contributed by atoms with Crippen LogP contribution in [0.5, 0.6) is 0 Å². The van der Waals surface area contributed by atoms with E-state index in [1.54, 1.807) is 6.07 Å². The van der Waals surface area contributed by atoms with E-state index < -0.39 is 8.80 Å². The van der Waals surface area contributed by atoms with Gasteiger partial charge in [-0.05, 0) is 29.7 Å². The second kappa shape index (κ2) is 6.92. The molecule has 0 saturated carbocycles. The molecule has 0 aliphatic carbocycles. The lowest BCUT2D eigenvalue weighted by molar-refractivity contribution is 0.615. The Morgan fingerprint density at radius 2 is 1.26 bits per heavy atom. The van der Waals surface area contributed by atoms with E-state index in [9.17, 15) is 4.39 Å². The number of hydrogen-bond donors (Lipinski definition) is 0. The average molecular weight is 320 g/mol. The van der Waals surface area contributed by atoms with E-state index in [0.717, 1.165) is 11.1 Å². The summed E-state index contributed by atoms with van der Waals surface area (Å²) in [5.74, 6) is -0.108. The Hall–Kier alpha value is -2.19. The Bertz CT molecular complexity index is 729. The Kier molecular flexibility index (Phi) is 4.72. The molecule has 0 nitrogen and oxygen atoms in total. The Morgan fingerprint density at radius 1 is 0.739 bits per heavy atom. The maximum atomic E-state index is 14.0. The SMILES string of the molecule is Cc1c(F)cccc1[C@@H](C)[SiH](c1ccccc1)c1ccccc1. The van der Waals surface area contributed by atoms with Gasteiger partial charge in [-0.25, -0.2) is 4.39 Å². The Balaban J connectivity index is 2.10. The Morgan fingerprint density at radius 3 is 1.78 bits per heavy atom. The molecule has 0 radical (unpaired) electrons. The molecule has 0 spiro atoms. The van der Waals surface area contributed by atoms with E-state index in [4.69, 9.17) is 0 Å². The van der Waals surface area contributed by atoms with E-state index in [0.29, 0.717) is 5.54 Å². The third kappa shape index (κ3) is 3.27. The number of rotatable bonds is 4. The molecule has 0 unspecified atom stereocenters. The zero-order chi connectivity index (χ0) is 16.2. The lowest BCUT2D eigenvalue weighted by Crippen LogP contribution is -2.46. The van der Waals surface area contributed by atoms with Crippen molar-refractivity contribution >= 4 is 19.2 Å². The average Bonchev–Trinajstić information content (AvgIpc) is 2.59. The van der Waals surface area contributed by atoms with E-state index >= 15 is 0 Å². The molecule has 0 fully saturated rings.